The van der Waals surface area contributed by atoms with Crippen molar-refractivity contribution in [1.82, 2.24) is 4.90 Å². The summed E-state index contributed by atoms with van der Waals surface area (Å²) in [5.41, 5.74) is 5.76. The average Bonchev–Trinajstić information content (AvgIpc) is 2.62. The molecule has 0 spiro atoms. The van der Waals surface area contributed by atoms with Gasteiger partial charge in [-0.2, -0.15) is 0 Å². The highest BCUT2D eigenvalue weighted by molar-refractivity contribution is 5.97. The van der Waals surface area contributed by atoms with E-state index in [0.29, 0.717) is 31.3 Å². The molecule has 0 bridgehead atoms. The summed E-state index contributed by atoms with van der Waals surface area (Å²) in [6.45, 7) is 5.31. The van der Waals surface area contributed by atoms with Crippen molar-refractivity contribution >= 4 is 23.2 Å². The molecule has 1 aromatic rings. The minimum Gasteiger partial charge on any atom is -0.370 e. The normalized spacial score (nSPS) is 16.2. The van der Waals surface area contributed by atoms with E-state index in [1.807, 2.05) is 18.7 Å². The second kappa shape index (κ2) is 9.90. The highest BCUT2D eigenvalue weighted by Crippen LogP contribution is 2.32. The molecular weight excluding hydrogens is 370 g/mol. The van der Waals surface area contributed by atoms with Crippen LogP contribution in [0.1, 0.15) is 25.8 Å². The van der Waals surface area contributed by atoms with Gasteiger partial charge in [-0.05, 0) is 31.2 Å². The molecule has 1 aliphatic heterocycles. The maximum atomic E-state index is 13.6. The first kappa shape index (κ1) is 22.2. The number of rotatable bonds is 8. The number of likely N-dealkylation sites (N-methyl/N-ethyl adjacent to an activating group) is 1. The zero-order valence-corrected chi connectivity index (χ0v) is 16.5. The first-order chi connectivity index (χ1) is 13.2. The second-order valence-corrected chi connectivity index (χ2v) is 7.24. The smallest absolute Gasteiger partial charge is 0.265 e. The third kappa shape index (κ3) is 5.46. The molecule has 1 saturated heterocycles. The standard InChI is InChI=1S/C19H28F2N4O3/c1-12(2)10-24(3)16(9-22)19(27)23-15-5-4-13(8-14(15)18(20)21)25-6-7-28-11-17(25)26/h4-5,8,12,16,18H,6-7,9-11,22H2,1-3H3,(H,23,27)/t16-/m0/s1. The van der Waals surface area contributed by atoms with Crippen LogP contribution in [0.25, 0.3) is 0 Å². The third-order valence-corrected chi connectivity index (χ3v) is 4.54. The lowest BCUT2D eigenvalue weighted by atomic mass is 10.1. The Morgan fingerprint density at radius 3 is 2.68 bits per heavy atom. The summed E-state index contributed by atoms with van der Waals surface area (Å²) >= 11 is 0. The van der Waals surface area contributed by atoms with Crippen LogP contribution in [0.2, 0.25) is 0 Å². The fourth-order valence-corrected chi connectivity index (χ4v) is 3.21. The topological polar surface area (TPSA) is 87.9 Å². The lowest BCUT2D eigenvalue weighted by Gasteiger charge is -2.29. The fourth-order valence-electron chi connectivity index (χ4n) is 3.21. The number of carbonyl (C=O) groups excluding carboxylic acids is 2. The number of anilines is 2. The van der Waals surface area contributed by atoms with Crippen molar-refractivity contribution in [3.05, 3.63) is 23.8 Å². The van der Waals surface area contributed by atoms with E-state index < -0.39 is 18.4 Å². The zero-order valence-electron chi connectivity index (χ0n) is 16.5. The summed E-state index contributed by atoms with van der Waals surface area (Å²) in [5, 5.41) is 2.57. The molecular formula is C19H28F2N4O3. The molecule has 9 heteroatoms. The number of alkyl halides is 2. The molecule has 0 saturated carbocycles. The van der Waals surface area contributed by atoms with Crippen LogP contribution in [0.5, 0.6) is 0 Å². The SMILES string of the molecule is CC(C)CN(C)[C@@H](CN)C(=O)Nc1ccc(N2CCOCC2=O)cc1C(F)F. The van der Waals surface area contributed by atoms with Gasteiger partial charge in [0.25, 0.3) is 12.3 Å². The number of hydrogen-bond acceptors (Lipinski definition) is 5. The van der Waals surface area contributed by atoms with Crippen molar-refractivity contribution in [3.63, 3.8) is 0 Å². The van der Waals surface area contributed by atoms with Gasteiger partial charge in [-0.15, -0.1) is 0 Å². The number of amides is 2. The molecule has 7 nitrogen and oxygen atoms in total. The number of hydrogen-bond donors (Lipinski definition) is 2. The Morgan fingerprint density at radius 2 is 2.11 bits per heavy atom. The van der Waals surface area contributed by atoms with E-state index in [4.69, 9.17) is 10.5 Å². The van der Waals surface area contributed by atoms with Crippen LogP contribution in [0.15, 0.2) is 18.2 Å². The number of carbonyl (C=O) groups is 2. The number of halogens is 2. The van der Waals surface area contributed by atoms with E-state index in [1.54, 1.807) is 13.1 Å². The highest BCUT2D eigenvalue weighted by Gasteiger charge is 2.26. The van der Waals surface area contributed by atoms with E-state index in [9.17, 15) is 18.4 Å². The Morgan fingerprint density at radius 1 is 1.39 bits per heavy atom. The maximum Gasteiger partial charge on any atom is 0.265 e. The summed E-state index contributed by atoms with van der Waals surface area (Å²) in [4.78, 5) is 27.8. The van der Waals surface area contributed by atoms with E-state index in [0.717, 1.165) is 0 Å². The number of nitrogens with zero attached hydrogens (tertiary/aromatic N) is 2. The van der Waals surface area contributed by atoms with Gasteiger partial charge in [0.15, 0.2) is 0 Å². The first-order valence-electron chi connectivity index (χ1n) is 9.26. The van der Waals surface area contributed by atoms with Crippen LogP contribution in [-0.2, 0) is 14.3 Å². The molecule has 1 aliphatic rings. The van der Waals surface area contributed by atoms with Crippen LogP contribution in [0.3, 0.4) is 0 Å². The largest absolute Gasteiger partial charge is 0.370 e. The van der Waals surface area contributed by atoms with Crippen LogP contribution in [0.4, 0.5) is 20.2 Å². The van der Waals surface area contributed by atoms with Crippen molar-refractivity contribution in [2.75, 3.05) is 50.1 Å². The van der Waals surface area contributed by atoms with E-state index in [2.05, 4.69) is 5.32 Å². The number of ether oxygens (including phenoxy) is 1. The van der Waals surface area contributed by atoms with Crippen molar-refractivity contribution < 1.29 is 23.1 Å². The summed E-state index contributed by atoms with van der Waals surface area (Å²) in [6, 6.07) is 3.54. The molecule has 3 N–H and O–H groups in total. The van der Waals surface area contributed by atoms with Crippen LogP contribution >= 0.6 is 0 Å². The molecule has 1 atom stereocenters. The molecule has 1 heterocycles. The Kier molecular flexibility index (Phi) is 7.85. The Balaban J connectivity index is 2.22. The lowest BCUT2D eigenvalue weighted by Crippen LogP contribution is -2.48. The molecule has 2 amide bonds. The van der Waals surface area contributed by atoms with E-state index >= 15 is 0 Å². The van der Waals surface area contributed by atoms with Crippen LogP contribution in [-0.4, -0.2) is 62.7 Å². The number of benzene rings is 1. The minimum atomic E-state index is -2.81. The quantitative estimate of drug-likeness (QED) is 0.698. The van der Waals surface area contributed by atoms with Crippen molar-refractivity contribution in [2.24, 2.45) is 11.7 Å². The number of nitrogens with two attached hydrogens (primary N) is 1. The Bertz CT molecular complexity index is 700. The molecule has 28 heavy (non-hydrogen) atoms. The van der Waals surface area contributed by atoms with E-state index in [-0.39, 0.29) is 30.3 Å². The molecule has 0 unspecified atom stereocenters. The number of nitrogens with one attached hydrogen (secondary N) is 1. The average molecular weight is 398 g/mol. The van der Waals surface area contributed by atoms with Gasteiger partial charge in [-0.1, -0.05) is 13.8 Å². The molecule has 2 rings (SSSR count). The van der Waals surface area contributed by atoms with E-state index in [1.165, 1.54) is 17.0 Å². The summed E-state index contributed by atoms with van der Waals surface area (Å²) in [5.74, 6) is -0.404. The molecule has 1 fully saturated rings. The van der Waals surface area contributed by atoms with Crippen molar-refractivity contribution in [1.29, 1.82) is 0 Å². The second-order valence-electron chi connectivity index (χ2n) is 7.24. The predicted molar refractivity (Wildman–Crippen MR) is 104 cm³/mol. The van der Waals surface area contributed by atoms with Crippen molar-refractivity contribution in [2.45, 2.75) is 26.3 Å². The molecule has 0 radical (unpaired) electrons. The monoisotopic (exact) mass is 398 g/mol. The summed E-state index contributed by atoms with van der Waals surface area (Å²) < 4.78 is 32.3. The Labute approximate surface area is 163 Å². The number of morpholine rings is 1. The molecule has 0 aliphatic carbocycles. The predicted octanol–water partition coefficient (Wildman–Crippen LogP) is 1.84. The highest BCUT2D eigenvalue weighted by atomic mass is 19.3. The molecule has 156 valence electrons. The Hall–Kier alpha value is -2.10. The van der Waals surface area contributed by atoms with Crippen molar-refractivity contribution in [3.8, 4) is 0 Å². The molecule has 0 aromatic heterocycles. The summed E-state index contributed by atoms with van der Waals surface area (Å²) in [6.07, 6.45) is -2.81. The van der Waals surface area contributed by atoms with Gasteiger partial charge >= 0.3 is 0 Å². The summed E-state index contributed by atoms with van der Waals surface area (Å²) in [7, 11) is 1.78. The van der Waals surface area contributed by atoms with Crippen LogP contribution in [0, 0.1) is 5.92 Å². The molecule has 1 aromatic carbocycles. The van der Waals surface area contributed by atoms with Crippen LogP contribution < -0.4 is 16.0 Å². The zero-order chi connectivity index (χ0) is 20.8. The van der Waals surface area contributed by atoms with Gasteiger partial charge in [-0.25, -0.2) is 8.78 Å². The van der Waals surface area contributed by atoms with Gasteiger partial charge < -0.3 is 20.7 Å². The van der Waals surface area contributed by atoms with Gasteiger partial charge in [0.2, 0.25) is 5.91 Å². The van der Waals surface area contributed by atoms with Gasteiger partial charge in [0.05, 0.1) is 6.61 Å². The van der Waals surface area contributed by atoms with Gasteiger partial charge in [-0.3, -0.25) is 14.5 Å². The fraction of sp³-hybridized carbons (Fsp3) is 0.579. The van der Waals surface area contributed by atoms with Gasteiger partial charge in [0.1, 0.15) is 12.6 Å². The third-order valence-electron chi connectivity index (χ3n) is 4.54. The maximum absolute atomic E-state index is 13.6. The lowest BCUT2D eigenvalue weighted by molar-refractivity contribution is -0.125. The van der Waals surface area contributed by atoms with Gasteiger partial charge in [0, 0.05) is 36.6 Å². The minimum absolute atomic E-state index is 0.0147. The first-order valence-corrected chi connectivity index (χ1v) is 9.26.